The summed E-state index contributed by atoms with van der Waals surface area (Å²) in [5, 5.41) is 9.83. The molecule has 0 fully saturated rings. The van der Waals surface area contributed by atoms with Gasteiger partial charge in [-0.15, -0.1) is 0 Å². The molecule has 0 saturated carbocycles. The van der Waals surface area contributed by atoms with Crippen molar-refractivity contribution in [3.05, 3.63) is 90.1 Å². The molecule has 0 saturated heterocycles. The maximum atomic E-state index is 14.6. The van der Waals surface area contributed by atoms with Crippen LogP contribution in [0.15, 0.2) is 79.0 Å². The number of ether oxygens (including phenoxy) is 3. The van der Waals surface area contributed by atoms with E-state index in [9.17, 15) is 19.2 Å². The zero-order valence-corrected chi connectivity index (χ0v) is 31.7. The predicted octanol–water partition coefficient (Wildman–Crippen LogP) is 5.07. The molecule has 3 aromatic carbocycles. The quantitative estimate of drug-likeness (QED) is 0.0770. The average molecular weight is 729 g/mol. The number of carbonyl (C=O) groups is 4. The first-order valence-corrected chi connectivity index (χ1v) is 17.9. The van der Waals surface area contributed by atoms with Crippen LogP contribution >= 0.6 is 0 Å². The van der Waals surface area contributed by atoms with Gasteiger partial charge in [-0.1, -0.05) is 66.7 Å². The largest absolute Gasteiger partial charge is 0.460 e. The number of urea groups is 1. The van der Waals surface area contributed by atoms with Crippen molar-refractivity contribution in [3.8, 4) is 0 Å². The van der Waals surface area contributed by atoms with E-state index in [4.69, 9.17) is 14.2 Å². The average Bonchev–Trinajstić information content (AvgIpc) is 3.11. The van der Waals surface area contributed by atoms with Gasteiger partial charge in [0.25, 0.3) is 0 Å². The van der Waals surface area contributed by atoms with Crippen molar-refractivity contribution in [2.24, 2.45) is 0 Å². The third-order valence-corrected chi connectivity index (χ3v) is 8.30. The number of nitrogens with zero attached hydrogens (tertiary/aromatic N) is 3. The molecule has 0 aliphatic rings. The monoisotopic (exact) mass is 728 g/mol. The number of hydrazine groups is 1. The Labute approximate surface area is 311 Å². The molecule has 0 bridgehead atoms. The van der Waals surface area contributed by atoms with Gasteiger partial charge in [-0.3, -0.25) is 24.8 Å². The lowest BCUT2D eigenvalue weighted by atomic mass is 10.0. The molecule has 4 amide bonds. The van der Waals surface area contributed by atoms with Crippen LogP contribution in [0.25, 0.3) is 21.7 Å². The number of fused-ring (bicyclic) bond motifs is 2. The fraction of sp³-hybridized carbons (Fsp3) is 0.425. The van der Waals surface area contributed by atoms with Crippen LogP contribution < -0.4 is 16.1 Å². The van der Waals surface area contributed by atoms with Crippen LogP contribution in [0.5, 0.6) is 0 Å². The number of likely N-dealkylation sites (N-methyl/N-ethyl adjacent to an activating group) is 1. The molecule has 0 aliphatic heterocycles. The highest BCUT2D eigenvalue weighted by atomic mass is 16.7. The number of hydrogen-bond acceptors (Lipinski definition) is 9. The molecular formula is C40H52N6O7. The standard InChI is InChI=1S/C40H52N6O7/c1-8-51-38(52-9-2)27(3)46(25-31-19-13-17-29-20-14-22-41-36(29)31)37(49)33(23-35(48)53-40(4,5)6)43-34(47)26-45(7)44-39(50)42-24-30-18-12-16-28-15-10-11-21-32(28)30/h10-22,27,33,38H,8-9,23-26H2,1-7H3,(H,43,47)(H2,42,44,50)/t27-,33-/m0/s1. The first-order valence-electron chi connectivity index (χ1n) is 17.9. The number of hydrogen-bond donors (Lipinski definition) is 3. The molecule has 1 heterocycles. The molecule has 13 nitrogen and oxygen atoms in total. The summed E-state index contributed by atoms with van der Waals surface area (Å²) in [6, 6.07) is 20.8. The Morgan fingerprint density at radius 3 is 2.19 bits per heavy atom. The number of amides is 4. The van der Waals surface area contributed by atoms with Crippen LogP contribution in [-0.4, -0.2) is 89.5 Å². The number of carbonyl (C=O) groups excluding carboxylic acids is 4. The Morgan fingerprint density at radius 1 is 0.849 bits per heavy atom. The van der Waals surface area contributed by atoms with Crippen molar-refractivity contribution in [1.29, 1.82) is 0 Å². The van der Waals surface area contributed by atoms with Gasteiger partial charge in [0.05, 0.1) is 24.5 Å². The number of nitrogens with one attached hydrogen (secondary N) is 3. The molecule has 3 N–H and O–H groups in total. The van der Waals surface area contributed by atoms with Crippen molar-refractivity contribution in [2.45, 2.75) is 85.0 Å². The van der Waals surface area contributed by atoms with E-state index in [1.165, 1.54) is 17.0 Å². The molecule has 0 spiro atoms. The second kappa shape index (κ2) is 19.1. The number of esters is 1. The summed E-state index contributed by atoms with van der Waals surface area (Å²) in [6.45, 7) is 11.3. The van der Waals surface area contributed by atoms with E-state index < -0.39 is 54.2 Å². The zero-order valence-electron chi connectivity index (χ0n) is 31.7. The highest BCUT2D eigenvalue weighted by molar-refractivity contribution is 5.92. The van der Waals surface area contributed by atoms with Crippen LogP contribution in [0.3, 0.4) is 0 Å². The van der Waals surface area contributed by atoms with Gasteiger partial charge in [0.15, 0.2) is 6.29 Å². The molecule has 2 atom stereocenters. The number of rotatable bonds is 17. The Morgan fingerprint density at radius 2 is 1.49 bits per heavy atom. The Bertz CT molecular complexity index is 1850. The number of para-hydroxylation sites is 1. The van der Waals surface area contributed by atoms with Crippen LogP contribution in [0.1, 0.15) is 59.1 Å². The maximum Gasteiger partial charge on any atom is 0.329 e. The number of benzene rings is 3. The first kappa shape index (κ1) is 40.7. The van der Waals surface area contributed by atoms with E-state index in [-0.39, 0.29) is 19.6 Å². The molecule has 53 heavy (non-hydrogen) atoms. The van der Waals surface area contributed by atoms with Crippen LogP contribution in [0, 0.1) is 0 Å². The molecule has 4 aromatic rings. The van der Waals surface area contributed by atoms with Gasteiger partial charge in [-0.05, 0) is 69.5 Å². The molecule has 4 rings (SSSR count). The Kier molecular flexibility index (Phi) is 14.7. The van der Waals surface area contributed by atoms with Crippen molar-refractivity contribution >= 4 is 45.5 Å². The summed E-state index contributed by atoms with van der Waals surface area (Å²) in [5.74, 6) is -1.81. The second-order valence-electron chi connectivity index (χ2n) is 13.7. The van der Waals surface area contributed by atoms with E-state index in [1.807, 2.05) is 86.6 Å². The summed E-state index contributed by atoms with van der Waals surface area (Å²) in [6.07, 6.45) is 0.456. The highest BCUT2D eigenvalue weighted by Gasteiger charge is 2.36. The Balaban J connectivity index is 1.53. The summed E-state index contributed by atoms with van der Waals surface area (Å²) < 4.78 is 17.4. The minimum Gasteiger partial charge on any atom is -0.460 e. The fourth-order valence-electron chi connectivity index (χ4n) is 5.98. The number of pyridine rings is 1. The van der Waals surface area contributed by atoms with Gasteiger partial charge >= 0.3 is 12.0 Å². The van der Waals surface area contributed by atoms with Crippen molar-refractivity contribution in [1.82, 2.24) is 31.0 Å². The third-order valence-electron chi connectivity index (χ3n) is 8.30. The van der Waals surface area contributed by atoms with Crippen LogP contribution in [0.2, 0.25) is 0 Å². The van der Waals surface area contributed by atoms with Crippen molar-refractivity contribution < 1.29 is 33.4 Å². The molecule has 0 radical (unpaired) electrons. The van der Waals surface area contributed by atoms with Gasteiger partial charge in [0.2, 0.25) is 11.8 Å². The third kappa shape index (κ3) is 12.0. The normalized spacial score (nSPS) is 12.8. The van der Waals surface area contributed by atoms with Crippen molar-refractivity contribution in [3.63, 3.8) is 0 Å². The van der Waals surface area contributed by atoms with Crippen molar-refractivity contribution in [2.75, 3.05) is 26.8 Å². The molecule has 13 heteroatoms. The highest BCUT2D eigenvalue weighted by Crippen LogP contribution is 2.23. The summed E-state index contributed by atoms with van der Waals surface area (Å²) in [4.78, 5) is 60.2. The number of aromatic nitrogens is 1. The predicted molar refractivity (Wildman–Crippen MR) is 203 cm³/mol. The fourth-order valence-corrected chi connectivity index (χ4v) is 5.98. The lowest BCUT2D eigenvalue weighted by molar-refractivity contribution is -0.180. The lowest BCUT2D eigenvalue weighted by Crippen LogP contribution is -2.56. The molecule has 284 valence electrons. The minimum absolute atomic E-state index is 0.0873. The van der Waals surface area contributed by atoms with Gasteiger partial charge in [0.1, 0.15) is 11.6 Å². The van der Waals surface area contributed by atoms with E-state index in [2.05, 4.69) is 21.0 Å². The van der Waals surface area contributed by atoms with Gasteiger partial charge < -0.3 is 29.7 Å². The van der Waals surface area contributed by atoms with Crippen LogP contribution in [0.4, 0.5) is 4.79 Å². The van der Waals surface area contributed by atoms with E-state index in [1.54, 1.807) is 33.9 Å². The van der Waals surface area contributed by atoms with Gasteiger partial charge in [-0.25, -0.2) is 9.80 Å². The second-order valence-corrected chi connectivity index (χ2v) is 13.7. The first-order chi connectivity index (χ1) is 25.3. The van der Waals surface area contributed by atoms with E-state index >= 15 is 0 Å². The summed E-state index contributed by atoms with van der Waals surface area (Å²) >= 11 is 0. The Hall–Kier alpha value is -5.11. The summed E-state index contributed by atoms with van der Waals surface area (Å²) in [7, 11) is 1.53. The molecular weight excluding hydrogens is 676 g/mol. The topological polar surface area (TPSA) is 151 Å². The van der Waals surface area contributed by atoms with E-state index in [0.29, 0.717) is 18.7 Å². The molecule has 0 unspecified atom stereocenters. The van der Waals surface area contributed by atoms with Gasteiger partial charge in [0, 0.05) is 44.9 Å². The molecule has 0 aliphatic carbocycles. The van der Waals surface area contributed by atoms with E-state index in [0.717, 1.165) is 27.3 Å². The molecule has 1 aromatic heterocycles. The summed E-state index contributed by atoms with van der Waals surface area (Å²) in [5.41, 5.74) is 4.22. The zero-order chi connectivity index (χ0) is 38.5. The van der Waals surface area contributed by atoms with Crippen LogP contribution in [-0.2, 0) is 41.7 Å². The lowest BCUT2D eigenvalue weighted by Gasteiger charge is -2.36. The minimum atomic E-state index is -1.32. The smallest absolute Gasteiger partial charge is 0.329 e. The van der Waals surface area contributed by atoms with Gasteiger partial charge in [-0.2, -0.15) is 0 Å². The maximum absolute atomic E-state index is 14.6. The SMILES string of the molecule is CCOC(OCC)[C@H](C)N(Cc1cccc2cccnc12)C(=O)[C@H](CC(=O)OC(C)(C)C)NC(=O)CN(C)NC(=O)NCc1cccc2ccccc12.